The first kappa shape index (κ1) is 7.94. The minimum atomic E-state index is -0.987. The van der Waals surface area contributed by atoms with Crippen molar-refractivity contribution in [1.82, 2.24) is 0 Å². The highest BCUT2D eigenvalue weighted by atomic mass is 16.4. The van der Waals surface area contributed by atoms with Crippen molar-refractivity contribution in [2.75, 3.05) is 0 Å². The average Bonchev–Trinajstić information content (AvgIpc) is 2.09. The Balaban J connectivity index is 2.64. The fourth-order valence-electron chi connectivity index (χ4n) is 1.08. The van der Waals surface area contributed by atoms with Crippen LogP contribution in [0.2, 0.25) is 0 Å². The van der Waals surface area contributed by atoms with E-state index in [4.69, 9.17) is 10.8 Å². The zero-order valence-corrected chi connectivity index (χ0v) is 5.91. The van der Waals surface area contributed by atoms with Gasteiger partial charge in [-0.1, -0.05) is 6.08 Å². The molecular formula is C7H9NO3. The van der Waals surface area contributed by atoms with E-state index < -0.39 is 5.97 Å². The molecule has 1 aliphatic carbocycles. The quantitative estimate of drug-likeness (QED) is 0.573. The fourth-order valence-corrected chi connectivity index (χ4v) is 1.08. The molecule has 0 aromatic heterocycles. The normalized spacial score (nSPS) is 23.5. The second kappa shape index (κ2) is 2.84. The number of nitrogens with two attached hydrogens (primary N) is 1. The maximum Gasteiger partial charge on any atom is 0.307 e. The zero-order valence-electron chi connectivity index (χ0n) is 5.91. The third-order valence-electron chi connectivity index (χ3n) is 1.54. The van der Waals surface area contributed by atoms with Crippen molar-refractivity contribution in [3.8, 4) is 0 Å². The highest BCUT2D eigenvalue weighted by Crippen LogP contribution is 2.15. The van der Waals surface area contributed by atoms with Gasteiger partial charge in [-0.3, -0.25) is 9.59 Å². The number of carboxylic acids is 1. The van der Waals surface area contributed by atoms with Gasteiger partial charge in [-0.2, -0.15) is 0 Å². The maximum atomic E-state index is 10.9. The first-order chi connectivity index (χ1) is 5.09. The molecule has 1 aliphatic rings. The molecule has 3 N–H and O–H groups in total. The lowest BCUT2D eigenvalue weighted by atomic mass is 10.1. The SMILES string of the molecule is NC1C=C(CC(=O)O)C(=O)C1. The highest BCUT2D eigenvalue weighted by molar-refractivity contribution is 6.01. The predicted molar refractivity (Wildman–Crippen MR) is 37.9 cm³/mol. The Hall–Kier alpha value is -1.16. The van der Waals surface area contributed by atoms with Gasteiger partial charge in [-0.25, -0.2) is 0 Å². The summed E-state index contributed by atoms with van der Waals surface area (Å²) in [6.07, 6.45) is 1.57. The van der Waals surface area contributed by atoms with Gasteiger partial charge in [0.2, 0.25) is 0 Å². The molecule has 0 bridgehead atoms. The summed E-state index contributed by atoms with van der Waals surface area (Å²) in [5, 5.41) is 8.34. The van der Waals surface area contributed by atoms with Crippen LogP contribution in [-0.4, -0.2) is 22.9 Å². The van der Waals surface area contributed by atoms with Gasteiger partial charge in [0.1, 0.15) is 0 Å². The molecule has 0 aromatic rings. The van der Waals surface area contributed by atoms with E-state index >= 15 is 0 Å². The van der Waals surface area contributed by atoms with Crippen molar-refractivity contribution in [2.45, 2.75) is 18.9 Å². The molecule has 0 amide bonds. The number of rotatable bonds is 2. The summed E-state index contributed by atoms with van der Waals surface area (Å²) in [7, 11) is 0. The van der Waals surface area contributed by atoms with Crippen LogP contribution in [0.5, 0.6) is 0 Å². The summed E-state index contributed by atoms with van der Waals surface area (Å²) in [5.74, 6) is -1.13. The van der Waals surface area contributed by atoms with E-state index in [0.717, 1.165) is 0 Å². The lowest BCUT2D eigenvalue weighted by Gasteiger charge is -1.92. The summed E-state index contributed by atoms with van der Waals surface area (Å²) in [4.78, 5) is 21.1. The number of carbonyl (C=O) groups is 2. The highest BCUT2D eigenvalue weighted by Gasteiger charge is 2.22. The van der Waals surface area contributed by atoms with Crippen LogP contribution in [0.3, 0.4) is 0 Å². The molecule has 0 heterocycles. The number of hydrogen-bond donors (Lipinski definition) is 2. The maximum absolute atomic E-state index is 10.9. The Labute approximate surface area is 63.7 Å². The van der Waals surface area contributed by atoms with Crippen LogP contribution < -0.4 is 5.73 Å². The van der Waals surface area contributed by atoms with Crippen LogP contribution in [0.15, 0.2) is 11.6 Å². The molecule has 1 rings (SSSR count). The van der Waals surface area contributed by atoms with Gasteiger partial charge in [-0.15, -0.1) is 0 Å². The Morgan fingerprint density at radius 3 is 2.82 bits per heavy atom. The Kier molecular flexibility index (Phi) is 2.05. The fraction of sp³-hybridized carbons (Fsp3) is 0.429. The monoisotopic (exact) mass is 155 g/mol. The molecule has 11 heavy (non-hydrogen) atoms. The van der Waals surface area contributed by atoms with E-state index in [0.29, 0.717) is 5.57 Å². The van der Waals surface area contributed by atoms with Crippen LogP contribution in [0, 0.1) is 0 Å². The molecule has 0 aromatic carbocycles. The zero-order chi connectivity index (χ0) is 8.43. The molecule has 0 aliphatic heterocycles. The largest absolute Gasteiger partial charge is 0.481 e. The van der Waals surface area contributed by atoms with Crippen molar-refractivity contribution < 1.29 is 14.7 Å². The molecule has 4 nitrogen and oxygen atoms in total. The third kappa shape index (κ3) is 1.88. The van der Waals surface area contributed by atoms with Crippen LogP contribution in [0.4, 0.5) is 0 Å². The molecule has 0 radical (unpaired) electrons. The molecule has 0 saturated carbocycles. The second-order valence-corrected chi connectivity index (χ2v) is 2.55. The third-order valence-corrected chi connectivity index (χ3v) is 1.54. The van der Waals surface area contributed by atoms with Crippen molar-refractivity contribution in [3.05, 3.63) is 11.6 Å². The first-order valence-corrected chi connectivity index (χ1v) is 3.31. The topological polar surface area (TPSA) is 80.4 Å². The molecule has 1 atom stereocenters. The Morgan fingerprint density at radius 1 is 1.82 bits per heavy atom. The number of carboxylic acid groups (broad SMARTS) is 1. The number of aliphatic carboxylic acids is 1. The van der Waals surface area contributed by atoms with Gasteiger partial charge in [0.05, 0.1) is 6.42 Å². The minimum Gasteiger partial charge on any atom is -0.481 e. The summed E-state index contributed by atoms with van der Waals surface area (Å²) in [6.45, 7) is 0. The van der Waals surface area contributed by atoms with Crippen molar-refractivity contribution in [1.29, 1.82) is 0 Å². The molecule has 0 spiro atoms. The Morgan fingerprint density at radius 2 is 2.45 bits per heavy atom. The van der Waals surface area contributed by atoms with E-state index in [1.165, 1.54) is 6.08 Å². The smallest absolute Gasteiger partial charge is 0.307 e. The van der Waals surface area contributed by atoms with Crippen molar-refractivity contribution >= 4 is 11.8 Å². The lowest BCUT2D eigenvalue weighted by molar-refractivity contribution is -0.136. The summed E-state index contributed by atoms with van der Waals surface area (Å²) < 4.78 is 0. The summed E-state index contributed by atoms with van der Waals surface area (Å²) >= 11 is 0. The van der Waals surface area contributed by atoms with Crippen LogP contribution in [0.25, 0.3) is 0 Å². The van der Waals surface area contributed by atoms with Crippen LogP contribution in [0.1, 0.15) is 12.8 Å². The van der Waals surface area contributed by atoms with Gasteiger partial charge in [0.25, 0.3) is 0 Å². The van der Waals surface area contributed by atoms with Crippen molar-refractivity contribution in [2.24, 2.45) is 5.73 Å². The summed E-state index contributed by atoms with van der Waals surface area (Å²) in [5.41, 5.74) is 5.74. The predicted octanol–water partition coefficient (Wildman–Crippen LogP) is -0.312. The molecular weight excluding hydrogens is 146 g/mol. The summed E-state index contributed by atoms with van der Waals surface area (Å²) in [6, 6.07) is -0.281. The number of carbonyl (C=O) groups excluding carboxylic acids is 1. The van der Waals surface area contributed by atoms with E-state index in [1.54, 1.807) is 0 Å². The first-order valence-electron chi connectivity index (χ1n) is 3.31. The van der Waals surface area contributed by atoms with Crippen molar-refractivity contribution in [3.63, 3.8) is 0 Å². The lowest BCUT2D eigenvalue weighted by Crippen LogP contribution is -2.14. The number of Topliss-reactive ketones (excluding diaryl/α,β-unsaturated/α-hetero) is 1. The van der Waals surface area contributed by atoms with E-state index in [-0.39, 0.29) is 24.7 Å². The van der Waals surface area contributed by atoms with E-state index in [1.807, 2.05) is 0 Å². The van der Waals surface area contributed by atoms with Crippen LogP contribution >= 0.6 is 0 Å². The minimum absolute atomic E-state index is 0.139. The van der Waals surface area contributed by atoms with Gasteiger partial charge in [0, 0.05) is 18.0 Å². The van der Waals surface area contributed by atoms with E-state index in [9.17, 15) is 9.59 Å². The molecule has 0 fully saturated rings. The molecule has 0 saturated heterocycles. The van der Waals surface area contributed by atoms with Gasteiger partial charge >= 0.3 is 5.97 Å². The average molecular weight is 155 g/mol. The Bertz CT molecular complexity index is 232. The number of ketones is 1. The number of hydrogen-bond acceptors (Lipinski definition) is 3. The van der Waals surface area contributed by atoms with Gasteiger partial charge < -0.3 is 10.8 Å². The van der Waals surface area contributed by atoms with Crippen LogP contribution in [-0.2, 0) is 9.59 Å². The molecule has 60 valence electrons. The standard InChI is InChI=1S/C7H9NO3/c8-5-1-4(2-7(10)11)6(9)3-5/h1,5H,2-3,8H2,(H,10,11). The second-order valence-electron chi connectivity index (χ2n) is 2.55. The molecule has 4 heteroatoms. The van der Waals surface area contributed by atoms with Gasteiger partial charge in [0.15, 0.2) is 5.78 Å². The van der Waals surface area contributed by atoms with Gasteiger partial charge in [-0.05, 0) is 0 Å². The molecule has 1 unspecified atom stereocenters. The van der Waals surface area contributed by atoms with E-state index in [2.05, 4.69) is 0 Å².